The van der Waals surface area contributed by atoms with Crippen molar-refractivity contribution in [1.82, 2.24) is 28.9 Å². The molecule has 0 bridgehead atoms. The van der Waals surface area contributed by atoms with Crippen LogP contribution in [-0.4, -0.2) is 74.3 Å². The van der Waals surface area contributed by atoms with Gasteiger partial charge in [0.25, 0.3) is 11.1 Å². The van der Waals surface area contributed by atoms with Crippen molar-refractivity contribution in [3.8, 4) is 17.9 Å². The number of piperidine rings is 1. The summed E-state index contributed by atoms with van der Waals surface area (Å²) in [6.07, 6.45) is 1.77. The summed E-state index contributed by atoms with van der Waals surface area (Å²) in [5.41, 5.74) is 6.11. The monoisotopic (exact) mass is 568 g/mol. The van der Waals surface area contributed by atoms with E-state index in [2.05, 4.69) is 21.7 Å². The van der Waals surface area contributed by atoms with Gasteiger partial charge in [0.15, 0.2) is 11.3 Å². The number of ether oxygens (including phenoxy) is 1. The third kappa shape index (κ3) is 4.98. The Morgan fingerprint density at radius 1 is 1.02 bits per heavy atom. The number of hydrogen-bond donors (Lipinski definition) is 1. The van der Waals surface area contributed by atoms with Crippen LogP contribution in [0.4, 0.5) is 11.8 Å². The highest BCUT2D eigenvalue weighted by molar-refractivity contribution is 5.89. The van der Waals surface area contributed by atoms with Crippen molar-refractivity contribution < 1.29 is 4.74 Å². The van der Waals surface area contributed by atoms with Gasteiger partial charge in [-0.1, -0.05) is 18.1 Å². The highest BCUT2D eigenvalue weighted by Gasteiger charge is 2.27. The molecule has 216 valence electrons. The molecule has 2 N–H and O–H groups in total. The lowest BCUT2D eigenvalue weighted by Crippen LogP contribution is -2.44. The number of imidazole rings is 1. The van der Waals surface area contributed by atoms with Gasteiger partial charge in [-0.05, 0) is 31.9 Å². The number of hydrogen-bond acceptors (Lipinski definition) is 10. The van der Waals surface area contributed by atoms with E-state index in [1.54, 1.807) is 11.5 Å². The summed E-state index contributed by atoms with van der Waals surface area (Å²) in [7, 11) is 0. The Morgan fingerprint density at radius 3 is 2.60 bits per heavy atom. The Morgan fingerprint density at radius 2 is 1.83 bits per heavy atom. The zero-order chi connectivity index (χ0) is 29.2. The molecule has 5 heterocycles. The van der Waals surface area contributed by atoms with E-state index in [4.69, 9.17) is 20.4 Å². The number of nitrogens with zero attached hydrogens (tertiary/aromatic N) is 9. The molecule has 1 aromatic carbocycles. The third-order valence-corrected chi connectivity index (χ3v) is 7.72. The molecule has 3 aromatic heterocycles. The average molecular weight is 569 g/mol. The minimum absolute atomic E-state index is 0.00647. The lowest BCUT2D eigenvalue weighted by Gasteiger charge is -2.31. The lowest BCUT2D eigenvalue weighted by molar-refractivity contribution is 0.122. The van der Waals surface area contributed by atoms with Crippen LogP contribution < -0.4 is 26.7 Å². The van der Waals surface area contributed by atoms with Gasteiger partial charge in [0, 0.05) is 37.6 Å². The zero-order valence-electron chi connectivity index (χ0n) is 23.5. The fourth-order valence-electron chi connectivity index (χ4n) is 5.72. The molecule has 1 atom stereocenters. The number of nitrogens with two attached hydrogens (primary N) is 1. The number of aromatic nitrogens is 6. The molecule has 0 aliphatic carbocycles. The van der Waals surface area contributed by atoms with Gasteiger partial charge in [0.05, 0.1) is 31.3 Å². The molecule has 0 amide bonds. The average Bonchev–Trinajstić information content (AvgIpc) is 3.40. The summed E-state index contributed by atoms with van der Waals surface area (Å²) < 4.78 is 9.62. The number of rotatable bonds is 6. The normalized spacial score (nSPS) is 17.3. The molecule has 42 heavy (non-hydrogen) atoms. The Hall–Kier alpha value is -4.72. The van der Waals surface area contributed by atoms with Crippen LogP contribution >= 0.6 is 0 Å². The van der Waals surface area contributed by atoms with Crippen LogP contribution in [0.1, 0.15) is 25.6 Å². The minimum atomic E-state index is -0.536. The number of nitriles is 1. The number of benzene rings is 1. The van der Waals surface area contributed by atoms with Crippen molar-refractivity contribution in [2.75, 3.05) is 49.2 Å². The van der Waals surface area contributed by atoms with E-state index < -0.39 is 11.1 Å². The summed E-state index contributed by atoms with van der Waals surface area (Å²) in [5.74, 6) is 7.47. The molecule has 13 nitrogen and oxygen atoms in total. The summed E-state index contributed by atoms with van der Waals surface area (Å²) >= 11 is 0. The molecule has 0 radical (unpaired) electrons. The van der Waals surface area contributed by atoms with Crippen LogP contribution in [0.25, 0.3) is 21.9 Å². The molecule has 2 aliphatic rings. The topological polar surface area (TPSA) is 153 Å². The number of para-hydroxylation sites is 1. The van der Waals surface area contributed by atoms with Crippen LogP contribution in [0.2, 0.25) is 0 Å². The SMILES string of the molecule is CC#CCn1c(N2CCCC(N)C2)nc2c(=O)n(CC#N)n(Cc3nc(N4CCOCC4)c4ccccc4n3)c(=O)c21. The van der Waals surface area contributed by atoms with Gasteiger partial charge in [0.1, 0.15) is 24.4 Å². The third-order valence-electron chi connectivity index (χ3n) is 7.72. The first-order valence-electron chi connectivity index (χ1n) is 14.1. The maximum Gasteiger partial charge on any atom is 0.294 e. The van der Waals surface area contributed by atoms with Gasteiger partial charge in [-0.25, -0.2) is 24.3 Å². The maximum absolute atomic E-state index is 14.2. The number of morpholine rings is 1. The van der Waals surface area contributed by atoms with Gasteiger partial charge in [-0.3, -0.25) is 14.2 Å². The van der Waals surface area contributed by atoms with Gasteiger partial charge in [0.2, 0.25) is 5.95 Å². The highest BCUT2D eigenvalue weighted by atomic mass is 16.5. The fraction of sp³-hybridized carbons (Fsp3) is 0.448. The van der Waals surface area contributed by atoms with E-state index in [0.29, 0.717) is 51.2 Å². The van der Waals surface area contributed by atoms with Gasteiger partial charge >= 0.3 is 0 Å². The van der Waals surface area contributed by atoms with Crippen molar-refractivity contribution in [2.45, 2.75) is 45.4 Å². The van der Waals surface area contributed by atoms with E-state index in [-0.39, 0.29) is 36.7 Å². The Bertz CT molecular complexity index is 1870. The molecule has 2 aliphatic heterocycles. The smallest absolute Gasteiger partial charge is 0.294 e. The molecule has 2 fully saturated rings. The Kier molecular flexibility index (Phi) is 7.61. The van der Waals surface area contributed by atoms with Crippen LogP contribution in [-0.2, 0) is 24.4 Å². The van der Waals surface area contributed by atoms with Crippen LogP contribution in [0, 0.1) is 23.2 Å². The van der Waals surface area contributed by atoms with Crippen LogP contribution in [0.5, 0.6) is 0 Å². The van der Waals surface area contributed by atoms with E-state index in [0.717, 1.165) is 34.2 Å². The van der Waals surface area contributed by atoms with E-state index >= 15 is 0 Å². The zero-order valence-corrected chi connectivity index (χ0v) is 23.5. The quantitative estimate of drug-likeness (QED) is 0.328. The molecule has 6 rings (SSSR count). The number of fused-ring (bicyclic) bond motifs is 2. The molecular formula is C29H32N10O3. The molecular weight excluding hydrogens is 536 g/mol. The van der Waals surface area contributed by atoms with Gasteiger partial charge < -0.3 is 20.3 Å². The predicted molar refractivity (Wildman–Crippen MR) is 158 cm³/mol. The van der Waals surface area contributed by atoms with Crippen molar-refractivity contribution in [3.05, 3.63) is 50.8 Å². The molecule has 0 saturated carbocycles. The van der Waals surface area contributed by atoms with Crippen LogP contribution in [0.3, 0.4) is 0 Å². The lowest BCUT2D eigenvalue weighted by atomic mass is 10.1. The van der Waals surface area contributed by atoms with Crippen LogP contribution in [0.15, 0.2) is 33.9 Å². The first kappa shape index (κ1) is 27.4. The standard InChI is InChI=1S/C29H32N10O3/c1-2-3-12-37-25-24(34-29(37)36-11-6-7-20(31)18-36)27(40)38(13-10-30)39(28(25)41)19-23-32-22-9-5-4-8-21(22)26(33-23)35-14-16-42-17-15-35/h4-5,8-9,20H,6-7,11-19,31H2,1H3. The summed E-state index contributed by atoms with van der Waals surface area (Å²) in [5, 5.41) is 10.5. The second-order valence-corrected chi connectivity index (χ2v) is 10.4. The first-order chi connectivity index (χ1) is 20.5. The molecule has 4 aromatic rings. The molecule has 2 saturated heterocycles. The van der Waals surface area contributed by atoms with Gasteiger partial charge in [-0.2, -0.15) is 5.26 Å². The van der Waals surface area contributed by atoms with E-state index in [1.165, 1.54) is 4.68 Å². The van der Waals surface area contributed by atoms with Crippen molar-refractivity contribution >= 4 is 33.7 Å². The minimum Gasteiger partial charge on any atom is -0.378 e. The van der Waals surface area contributed by atoms with E-state index in [1.807, 2.05) is 35.2 Å². The van der Waals surface area contributed by atoms with Gasteiger partial charge in [-0.15, -0.1) is 5.92 Å². The van der Waals surface area contributed by atoms with Crippen molar-refractivity contribution in [2.24, 2.45) is 5.73 Å². The predicted octanol–water partition coefficient (Wildman–Crippen LogP) is 0.662. The Labute approximate surface area is 241 Å². The molecule has 0 spiro atoms. The summed E-state index contributed by atoms with van der Waals surface area (Å²) in [4.78, 5) is 46.5. The number of anilines is 2. The summed E-state index contributed by atoms with van der Waals surface area (Å²) in [6, 6.07) is 9.67. The first-order valence-corrected chi connectivity index (χ1v) is 14.1. The molecule has 13 heteroatoms. The molecule has 1 unspecified atom stereocenters. The maximum atomic E-state index is 14.2. The fourth-order valence-corrected chi connectivity index (χ4v) is 5.72. The van der Waals surface area contributed by atoms with Crippen molar-refractivity contribution in [3.63, 3.8) is 0 Å². The summed E-state index contributed by atoms with van der Waals surface area (Å²) in [6.45, 7) is 5.22. The van der Waals surface area contributed by atoms with E-state index in [9.17, 15) is 14.9 Å². The highest BCUT2D eigenvalue weighted by Crippen LogP contribution is 2.25. The second-order valence-electron chi connectivity index (χ2n) is 10.4. The Balaban J connectivity index is 1.54. The second kappa shape index (κ2) is 11.6. The largest absolute Gasteiger partial charge is 0.378 e. The van der Waals surface area contributed by atoms with Crippen molar-refractivity contribution in [1.29, 1.82) is 5.26 Å².